The zero-order chi connectivity index (χ0) is 18.5. The monoisotopic (exact) mass is 359 g/mol. The van der Waals surface area contributed by atoms with Crippen LogP contribution in [0.15, 0.2) is 30.3 Å². The van der Waals surface area contributed by atoms with E-state index < -0.39 is 12.1 Å². The minimum Gasteiger partial charge on any atom is -0.465 e. The third kappa shape index (κ3) is 4.55. The molecule has 2 amide bonds. The summed E-state index contributed by atoms with van der Waals surface area (Å²) in [6, 6.07) is 9.98. The molecule has 1 heterocycles. The molecular formula is C20H29N3O3. The lowest BCUT2D eigenvalue weighted by molar-refractivity contribution is -0.124. The van der Waals surface area contributed by atoms with Crippen LogP contribution in [0.4, 0.5) is 4.79 Å². The van der Waals surface area contributed by atoms with Gasteiger partial charge in [0.05, 0.1) is 0 Å². The van der Waals surface area contributed by atoms with Crippen molar-refractivity contribution in [2.24, 2.45) is 11.8 Å². The van der Waals surface area contributed by atoms with Gasteiger partial charge >= 0.3 is 6.09 Å². The Morgan fingerprint density at radius 1 is 1.23 bits per heavy atom. The van der Waals surface area contributed by atoms with Crippen LogP contribution in [0.3, 0.4) is 0 Å². The van der Waals surface area contributed by atoms with E-state index in [-0.39, 0.29) is 11.9 Å². The average molecular weight is 359 g/mol. The summed E-state index contributed by atoms with van der Waals surface area (Å²) in [4.78, 5) is 25.9. The molecule has 6 nitrogen and oxygen atoms in total. The second kappa shape index (κ2) is 8.54. The average Bonchev–Trinajstić information content (AvgIpc) is 3.16. The Hall–Kier alpha value is -2.08. The zero-order valence-electron chi connectivity index (χ0n) is 15.4. The van der Waals surface area contributed by atoms with Crippen LogP contribution in [0.1, 0.15) is 38.2 Å². The molecule has 6 heteroatoms. The maximum atomic E-state index is 12.5. The zero-order valence-corrected chi connectivity index (χ0v) is 15.4. The molecule has 1 aliphatic heterocycles. The molecule has 0 aromatic heterocycles. The quantitative estimate of drug-likeness (QED) is 0.698. The molecule has 1 aromatic rings. The number of hydrogen-bond acceptors (Lipinski definition) is 3. The highest BCUT2D eigenvalue weighted by Crippen LogP contribution is 2.38. The van der Waals surface area contributed by atoms with Gasteiger partial charge in [-0.1, -0.05) is 43.7 Å². The maximum absolute atomic E-state index is 12.5. The standard InChI is InChI=1S/C20H29N3O3/c1-2-6-18(22-20(25)26)19(24)21-17-10-9-15-12-23(13-16(15)17)11-14-7-4-3-5-8-14/h3-5,7-8,15-18,22H,2,6,9-13H2,1H3,(H,21,24)(H,25,26)/t15-,16+,17+,18-/m0/s1. The van der Waals surface area contributed by atoms with Gasteiger partial charge in [0, 0.05) is 25.7 Å². The van der Waals surface area contributed by atoms with E-state index in [2.05, 4.69) is 39.8 Å². The molecule has 2 aliphatic rings. The smallest absolute Gasteiger partial charge is 0.405 e. The summed E-state index contributed by atoms with van der Waals surface area (Å²) < 4.78 is 0. The van der Waals surface area contributed by atoms with Gasteiger partial charge in [0.2, 0.25) is 5.91 Å². The van der Waals surface area contributed by atoms with Crippen LogP contribution in [0, 0.1) is 11.8 Å². The Kier molecular flexibility index (Phi) is 6.14. The number of nitrogens with one attached hydrogen (secondary N) is 2. The molecule has 1 aliphatic carbocycles. The third-order valence-corrected chi connectivity index (χ3v) is 5.70. The highest BCUT2D eigenvalue weighted by Gasteiger charge is 2.43. The minimum absolute atomic E-state index is 0.156. The highest BCUT2D eigenvalue weighted by atomic mass is 16.4. The second-order valence-corrected chi connectivity index (χ2v) is 7.59. The van der Waals surface area contributed by atoms with Gasteiger partial charge in [0.1, 0.15) is 6.04 Å². The SMILES string of the molecule is CCC[C@H](NC(=O)O)C(=O)N[C@@H]1CC[C@H]2CN(Cc3ccccc3)C[C@H]21. The number of carboxylic acid groups (broad SMARTS) is 1. The van der Waals surface area contributed by atoms with Crippen molar-refractivity contribution in [1.29, 1.82) is 0 Å². The van der Waals surface area contributed by atoms with Gasteiger partial charge in [-0.3, -0.25) is 9.69 Å². The number of carbonyl (C=O) groups is 2. The molecule has 0 bridgehead atoms. The van der Waals surface area contributed by atoms with Gasteiger partial charge in [-0.05, 0) is 36.7 Å². The molecule has 3 rings (SSSR count). The summed E-state index contributed by atoms with van der Waals surface area (Å²) in [5.41, 5.74) is 1.32. The van der Waals surface area contributed by atoms with Crippen LogP contribution in [0.25, 0.3) is 0 Å². The van der Waals surface area contributed by atoms with E-state index in [0.29, 0.717) is 18.3 Å². The number of likely N-dealkylation sites (tertiary alicyclic amines) is 1. The number of fused-ring (bicyclic) bond motifs is 1. The van der Waals surface area contributed by atoms with E-state index in [9.17, 15) is 9.59 Å². The normalized spacial score (nSPS) is 26.3. The molecule has 1 aromatic carbocycles. The summed E-state index contributed by atoms with van der Waals surface area (Å²) >= 11 is 0. The fraction of sp³-hybridized carbons (Fsp3) is 0.600. The van der Waals surface area contributed by atoms with Crippen LogP contribution in [-0.2, 0) is 11.3 Å². The van der Waals surface area contributed by atoms with Gasteiger partial charge in [-0.2, -0.15) is 0 Å². The maximum Gasteiger partial charge on any atom is 0.405 e. The molecule has 0 radical (unpaired) electrons. The van der Waals surface area contributed by atoms with Crippen LogP contribution < -0.4 is 10.6 Å². The van der Waals surface area contributed by atoms with Gasteiger partial charge in [0.15, 0.2) is 0 Å². The molecule has 0 spiro atoms. The Bertz CT molecular complexity index is 622. The first kappa shape index (κ1) is 18.7. The molecule has 26 heavy (non-hydrogen) atoms. The molecule has 142 valence electrons. The Labute approximate surface area is 155 Å². The fourth-order valence-corrected chi connectivity index (χ4v) is 4.50. The summed E-state index contributed by atoms with van der Waals surface area (Å²) in [5, 5.41) is 14.4. The summed E-state index contributed by atoms with van der Waals surface area (Å²) in [6.45, 7) is 4.98. The van der Waals surface area contributed by atoms with Gasteiger partial charge in [-0.15, -0.1) is 0 Å². The Morgan fingerprint density at radius 3 is 2.69 bits per heavy atom. The lowest BCUT2D eigenvalue weighted by Gasteiger charge is -2.24. The molecule has 0 unspecified atom stereocenters. The Morgan fingerprint density at radius 2 is 2.00 bits per heavy atom. The first-order valence-electron chi connectivity index (χ1n) is 9.63. The van der Waals surface area contributed by atoms with Crippen molar-refractivity contribution < 1.29 is 14.7 Å². The van der Waals surface area contributed by atoms with E-state index in [1.165, 1.54) is 5.56 Å². The largest absolute Gasteiger partial charge is 0.465 e. The van der Waals surface area contributed by atoms with E-state index in [1.54, 1.807) is 0 Å². The Balaban J connectivity index is 1.55. The van der Waals surface area contributed by atoms with Gasteiger partial charge in [0.25, 0.3) is 0 Å². The van der Waals surface area contributed by atoms with E-state index in [0.717, 1.165) is 38.9 Å². The van der Waals surface area contributed by atoms with E-state index >= 15 is 0 Å². The lowest BCUT2D eigenvalue weighted by Crippen LogP contribution is -2.50. The van der Waals surface area contributed by atoms with Crippen LogP contribution >= 0.6 is 0 Å². The fourth-order valence-electron chi connectivity index (χ4n) is 4.50. The number of amides is 2. The highest BCUT2D eigenvalue weighted by molar-refractivity contribution is 5.85. The van der Waals surface area contributed by atoms with Crippen molar-refractivity contribution in [1.82, 2.24) is 15.5 Å². The van der Waals surface area contributed by atoms with Crippen LogP contribution in [-0.4, -0.2) is 47.2 Å². The number of carbonyl (C=O) groups excluding carboxylic acids is 1. The van der Waals surface area contributed by atoms with Gasteiger partial charge in [-0.25, -0.2) is 4.79 Å². The number of nitrogens with zero attached hydrogens (tertiary/aromatic N) is 1. The number of benzene rings is 1. The summed E-state index contributed by atoms with van der Waals surface area (Å²) in [5.74, 6) is 0.914. The predicted octanol–water partition coefficient (Wildman–Crippen LogP) is 2.45. The minimum atomic E-state index is -1.14. The van der Waals surface area contributed by atoms with Crippen molar-refractivity contribution in [3.05, 3.63) is 35.9 Å². The summed E-state index contributed by atoms with van der Waals surface area (Å²) in [6.07, 6.45) is 2.27. The van der Waals surface area contributed by atoms with Crippen molar-refractivity contribution in [2.75, 3.05) is 13.1 Å². The first-order chi connectivity index (χ1) is 12.6. The number of hydrogen-bond donors (Lipinski definition) is 3. The first-order valence-corrected chi connectivity index (χ1v) is 9.63. The van der Waals surface area contributed by atoms with E-state index in [4.69, 9.17) is 5.11 Å². The van der Waals surface area contributed by atoms with Crippen LogP contribution in [0.2, 0.25) is 0 Å². The number of rotatable bonds is 7. The molecule has 1 saturated carbocycles. The topological polar surface area (TPSA) is 81.7 Å². The molecular weight excluding hydrogens is 330 g/mol. The summed E-state index contributed by atoms with van der Waals surface area (Å²) in [7, 11) is 0. The molecule has 1 saturated heterocycles. The second-order valence-electron chi connectivity index (χ2n) is 7.59. The van der Waals surface area contributed by atoms with Crippen molar-refractivity contribution in [3.63, 3.8) is 0 Å². The lowest BCUT2D eigenvalue weighted by atomic mass is 9.97. The van der Waals surface area contributed by atoms with Crippen molar-refractivity contribution in [2.45, 2.75) is 51.2 Å². The van der Waals surface area contributed by atoms with E-state index in [1.807, 2.05) is 13.0 Å². The van der Waals surface area contributed by atoms with Crippen LogP contribution in [0.5, 0.6) is 0 Å². The van der Waals surface area contributed by atoms with Gasteiger partial charge < -0.3 is 15.7 Å². The molecule has 3 N–H and O–H groups in total. The third-order valence-electron chi connectivity index (χ3n) is 5.70. The van der Waals surface area contributed by atoms with Crippen molar-refractivity contribution >= 4 is 12.0 Å². The molecule has 4 atom stereocenters. The van der Waals surface area contributed by atoms with Crippen molar-refractivity contribution in [3.8, 4) is 0 Å². The predicted molar refractivity (Wildman–Crippen MR) is 99.7 cm³/mol. The molecule has 2 fully saturated rings.